The molecule has 0 aromatic rings. The van der Waals surface area contributed by atoms with Gasteiger partial charge in [-0.05, 0) is 13.8 Å². The van der Waals surface area contributed by atoms with E-state index in [1.54, 1.807) is 4.90 Å². The van der Waals surface area contributed by atoms with Crippen LogP contribution in [-0.4, -0.2) is 23.4 Å². The molecule has 40 valence electrons. The van der Waals surface area contributed by atoms with Gasteiger partial charge in [-0.2, -0.15) is 0 Å². The third-order valence-electron chi connectivity index (χ3n) is 1.36. The molecule has 0 aliphatic carbocycles. The molecule has 0 N–H and O–H groups in total. The fourth-order valence-electron chi connectivity index (χ4n) is 0.561. The molecular weight excluding hydrogens is 90.1 g/mol. The smallest absolute Gasteiger partial charge is 0.210 e. The first kappa shape index (κ1) is 4.62. The third-order valence-corrected chi connectivity index (χ3v) is 1.36. The second-order valence-electron chi connectivity index (χ2n) is 2.55. The minimum Gasteiger partial charge on any atom is -0.336 e. The number of nitrogens with zero attached hydrogens (tertiary/aromatic N) is 1. The molecule has 0 spiro atoms. The monoisotopic (exact) mass is 99.1 g/mol. The second kappa shape index (κ2) is 0.997. The Kier molecular flexibility index (Phi) is 0.659. The summed E-state index contributed by atoms with van der Waals surface area (Å²) in [5.41, 5.74) is 0.182. The van der Waals surface area contributed by atoms with Gasteiger partial charge in [-0.3, -0.25) is 4.79 Å². The van der Waals surface area contributed by atoms with E-state index in [2.05, 4.69) is 0 Å². The molecule has 1 amide bonds. The number of rotatable bonds is 1. The van der Waals surface area contributed by atoms with Gasteiger partial charge in [0.2, 0.25) is 6.41 Å². The lowest BCUT2D eigenvalue weighted by molar-refractivity contribution is -0.114. The number of carbonyl (C=O) groups is 1. The molecule has 1 saturated heterocycles. The SMILES string of the molecule is CC1(C)CN1C=O. The topological polar surface area (TPSA) is 20.1 Å². The van der Waals surface area contributed by atoms with Crippen molar-refractivity contribution in [2.24, 2.45) is 0 Å². The van der Waals surface area contributed by atoms with Gasteiger partial charge < -0.3 is 4.90 Å². The van der Waals surface area contributed by atoms with E-state index in [4.69, 9.17) is 0 Å². The lowest BCUT2D eigenvalue weighted by Crippen LogP contribution is -2.05. The van der Waals surface area contributed by atoms with Crippen LogP contribution < -0.4 is 0 Å². The zero-order valence-electron chi connectivity index (χ0n) is 4.64. The van der Waals surface area contributed by atoms with Crippen molar-refractivity contribution in [3.63, 3.8) is 0 Å². The minimum absolute atomic E-state index is 0.182. The molecule has 1 rings (SSSR count). The van der Waals surface area contributed by atoms with Gasteiger partial charge in [0.25, 0.3) is 0 Å². The van der Waals surface area contributed by atoms with Crippen LogP contribution >= 0.6 is 0 Å². The van der Waals surface area contributed by atoms with Crippen LogP contribution in [0.15, 0.2) is 0 Å². The van der Waals surface area contributed by atoms with Crippen molar-refractivity contribution < 1.29 is 4.79 Å². The summed E-state index contributed by atoms with van der Waals surface area (Å²) >= 11 is 0. The average molecular weight is 99.1 g/mol. The molecule has 1 fully saturated rings. The van der Waals surface area contributed by atoms with Crippen LogP contribution in [-0.2, 0) is 4.79 Å². The average Bonchev–Trinajstić information content (AvgIpc) is 2.13. The standard InChI is InChI=1S/C5H9NO/c1-5(2)3-6(5)4-7/h4H,3H2,1-2H3. The van der Waals surface area contributed by atoms with E-state index in [1.165, 1.54) is 0 Å². The quantitative estimate of drug-likeness (QED) is 0.340. The van der Waals surface area contributed by atoms with Crippen LogP contribution in [0.2, 0.25) is 0 Å². The lowest BCUT2D eigenvalue weighted by Gasteiger charge is -1.94. The van der Waals surface area contributed by atoms with E-state index in [-0.39, 0.29) is 5.54 Å². The van der Waals surface area contributed by atoms with Gasteiger partial charge >= 0.3 is 0 Å². The molecule has 1 aliphatic rings. The molecule has 0 aromatic heterocycles. The molecule has 0 saturated carbocycles. The molecule has 0 bridgehead atoms. The van der Waals surface area contributed by atoms with Crippen LogP contribution in [0, 0.1) is 0 Å². The molecule has 2 heteroatoms. The summed E-state index contributed by atoms with van der Waals surface area (Å²) in [5.74, 6) is 0. The predicted octanol–water partition coefficient (Wildman–Crippen LogP) is 0.237. The van der Waals surface area contributed by atoms with Crippen molar-refractivity contribution in [2.75, 3.05) is 6.54 Å². The predicted molar refractivity (Wildman–Crippen MR) is 26.8 cm³/mol. The van der Waals surface area contributed by atoms with Crippen molar-refractivity contribution in [1.29, 1.82) is 0 Å². The summed E-state index contributed by atoms with van der Waals surface area (Å²) in [6.45, 7) is 5.01. The highest BCUT2D eigenvalue weighted by atomic mass is 16.1. The Bertz CT molecular complexity index is 98.3. The molecular formula is C5H9NO. The van der Waals surface area contributed by atoms with Gasteiger partial charge in [-0.25, -0.2) is 0 Å². The molecule has 0 aromatic carbocycles. The van der Waals surface area contributed by atoms with Gasteiger partial charge in [0.1, 0.15) is 0 Å². The molecule has 0 radical (unpaired) electrons. The molecule has 1 aliphatic heterocycles. The zero-order chi connectivity index (χ0) is 5.49. The van der Waals surface area contributed by atoms with E-state index < -0.39 is 0 Å². The summed E-state index contributed by atoms with van der Waals surface area (Å²) < 4.78 is 0. The number of amides is 1. The first-order valence-electron chi connectivity index (χ1n) is 2.39. The zero-order valence-corrected chi connectivity index (χ0v) is 4.64. The first-order valence-corrected chi connectivity index (χ1v) is 2.39. The van der Waals surface area contributed by atoms with Crippen molar-refractivity contribution >= 4 is 6.41 Å². The molecule has 0 unspecified atom stereocenters. The van der Waals surface area contributed by atoms with Crippen LogP contribution in [0.5, 0.6) is 0 Å². The summed E-state index contributed by atoms with van der Waals surface area (Å²) in [6, 6.07) is 0. The van der Waals surface area contributed by atoms with E-state index in [0.717, 1.165) is 13.0 Å². The van der Waals surface area contributed by atoms with E-state index in [0.29, 0.717) is 0 Å². The van der Waals surface area contributed by atoms with Crippen molar-refractivity contribution in [3.05, 3.63) is 0 Å². The Hall–Kier alpha value is -0.530. The normalized spacial score (nSPS) is 24.6. The lowest BCUT2D eigenvalue weighted by atomic mass is 10.2. The maximum absolute atomic E-state index is 9.91. The van der Waals surface area contributed by atoms with Gasteiger partial charge in [-0.1, -0.05) is 0 Å². The van der Waals surface area contributed by atoms with E-state index in [1.807, 2.05) is 13.8 Å². The first-order chi connectivity index (χ1) is 3.17. The second-order valence-corrected chi connectivity index (χ2v) is 2.55. The summed E-state index contributed by atoms with van der Waals surface area (Å²) in [4.78, 5) is 11.7. The van der Waals surface area contributed by atoms with E-state index >= 15 is 0 Å². The van der Waals surface area contributed by atoms with Gasteiger partial charge in [0, 0.05) is 6.54 Å². The van der Waals surface area contributed by atoms with Crippen LogP contribution in [0.4, 0.5) is 0 Å². The molecule has 2 nitrogen and oxygen atoms in total. The van der Waals surface area contributed by atoms with Gasteiger partial charge in [0.15, 0.2) is 0 Å². The van der Waals surface area contributed by atoms with Crippen molar-refractivity contribution in [1.82, 2.24) is 4.90 Å². The van der Waals surface area contributed by atoms with E-state index in [9.17, 15) is 4.79 Å². The minimum atomic E-state index is 0.182. The highest BCUT2D eigenvalue weighted by Crippen LogP contribution is 2.27. The Morgan fingerprint density at radius 1 is 1.71 bits per heavy atom. The van der Waals surface area contributed by atoms with Gasteiger partial charge in [-0.15, -0.1) is 0 Å². The maximum atomic E-state index is 9.91. The number of carbonyl (C=O) groups excluding carboxylic acids is 1. The largest absolute Gasteiger partial charge is 0.336 e. The van der Waals surface area contributed by atoms with Crippen molar-refractivity contribution in [3.8, 4) is 0 Å². The molecule has 1 heterocycles. The summed E-state index contributed by atoms with van der Waals surface area (Å²) in [7, 11) is 0. The van der Waals surface area contributed by atoms with Gasteiger partial charge in [0.05, 0.1) is 5.54 Å². The fraction of sp³-hybridized carbons (Fsp3) is 0.800. The Balaban J connectivity index is 2.44. The van der Waals surface area contributed by atoms with Crippen LogP contribution in [0.3, 0.4) is 0 Å². The summed E-state index contributed by atoms with van der Waals surface area (Å²) in [5, 5.41) is 0. The third kappa shape index (κ3) is 0.601. The Morgan fingerprint density at radius 3 is 2.14 bits per heavy atom. The Morgan fingerprint density at radius 2 is 2.14 bits per heavy atom. The highest BCUT2D eigenvalue weighted by molar-refractivity contribution is 5.53. The maximum Gasteiger partial charge on any atom is 0.210 e. The number of hydrogen-bond donors (Lipinski definition) is 0. The fourth-order valence-corrected chi connectivity index (χ4v) is 0.561. The number of hydrogen-bond acceptors (Lipinski definition) is 1. The highest BCUT2D eigenvalue weighted by Gasteiger charge is 2.41. The van der Waals surface area contributed by atoms with Crippen molar-refractivity contribution in [2.45, 2.75) is 19.4 Å². The van der Waals surface area contributed by atoms with Crippen LogP contribution in [0.1, 0.15) is 13.8 Å². The molecule has 7 heavy (non-hydrogen) atoms. The summed E-state index contributed by atoms with van der Waals surface area (Å²) in [6.07, 6.45) is 0.889. The Labute approximate surface area is 43.1 Å². The molecule has 0 atom stereocenters. The van der Waals surface area contributed by atoms with Crippen LogP contribution in [0.25, 0.3) is 0 Å².